The Balaban J connectivity index is 4.01. The molecule has 0 aliphatic heterocycles. The van der Waals surface area contributed by atoms with Crippen LogP contribution >= 0.6 is 0 Å². The van der Waals surface area contributed by atoms with Crippen LogP contribution < -0.4 is 5.73 Å². The summed E-state index contributed by atoms with van der Waals surface area (Å²) in [6, 6.07) is 0. The van der Waals surface area contributed by atoms with E-state index < -0.39 is 0 Å². The first-order valence-electron chi connectivity index (χ1n) is 5.03. The first-order valence-corrected chi connectivity index (χ1v) is 5.03. The van der Waals surface area contributed by atoms with Crippen LogP contribution in [-0.2, 0) is 0 Å². The van der Waals surface area contributed by atoms with E-state index in [1.165, 1.54) is 25.7 Å². The van der Waals surface area contributed by atoms with Crippen LogP contribution in [0.2, 0.25) is 0 Å². The summed E-state index contributed by atoms with van der Waals surface area (Å²) in [7, 11) is 0. The van der Waals surface area contributed by atoms with Gasteiger partial charge in [0, 0.05) is 5.70 Å². The van der Waals surface area contributed by atoms with E-state index in [9.17, 15) is 0 Å². The molecule has 72 valence electrons. The largest absolute Gasteiger partial charge is 0.403 e. The van der Waals surface area contributed by atoms with Gasteiger partial charge in [-0.2, -0.15) is 0 Å². The Hall–Kier alpha value is -0.460. The number of nitrogens with two attached hydrogens (primary N) is 1. The van der Waals surface area contributed by atoms with E-state index >= 15 is 0 Å². The maximum Gasteiger partial charge on any atom is 0.000765 e. The molecule has 1 heteroatoms. The molecule has 0 rings (SSSR count). The van der Waals surface area contributed by atoms with Gasteiger partial charge in [0.2, 0.25) is 0 Å². The molecule has 0 saturated carbocycles. The fourth-order valence-corrected chi connectivity index (χ4v) is 1.71. The van der Waals surface area contributed by atoms with E-state index in [0.717, 1.165) is 12.1 Å². The summed E-state index contributed by atoms with van der Waals surface area (Å²) in [5, 5.41) is 0. The standard InChI is InChI=1S/C11H23N/c1-5-11(6-2,7-3)9-8-10(4)12/h4-9,12H2,1-3H3. The smallest absolute Gasteiger partial charge is 0.000765 e. The third-order valence-electron chi connectivity index (χ3n) is 3.23. The first-order chi connectivity index (χ1) is 5.60. The Kier molecular flexibility index (Phi) is 5.03. The highest BCUT2D eigenvalue weighted by Gasteiger charge is 2.22. The first kappa shape index (κ1) is 11.5. The SMILES string of the molecule is C=C(N)CCC(CC)(CC)CC. The van der Waals surface area contributed by atoms with Crippen molar-refractivity contribution in [3.05, 3.63) is 12.3 Å². The molecule has 0 aliphatic carbocycles. The van der Waals surface area contributed by atoms with Crippen molar-refractivity contribution in [1.82, 2.24) is 0 Å². The molecule has 0 fully saturated rings. The molecular formula is C11H23N. The van der Waals surface area contributed by atoms with E-state index in [-0.39, 0.29) is 0 Å². The van der Waals surface area contributed by atoms with Crippen molar-refractivity contribution in [2.75, 3.05) is 0 Å². The molecule has 0 bridgehead atoms. The fraction of sp³-hybridized carbons (Fsp3) is 0.818. The van der Waals surface area contributed by atoms with Gasteiger partial charge in [-0.15, -0.1) is 0 Å². The molecule has 0 heterocycles. The lowest BCUT2D eigenvalue weighted by molar-refractivity contribution is 0.229. The number of hydrogen-bond acceptors (Lipinski definition) is 1. The van der Waals surface area contributed by atoms with Crippen molar-refractivity contribution < 1.29 is 0 Å². The second kappa shape index (κ2) is 5.23. The zero-order chi connectivity index (χ0) is 9.61. The van der Waals surface area contributed by atoms with Crippen LogP contribution in [0.25, 0.3) is 0 Å². The predicted molar refractivity (Wildman–Crippen MR) is 55.9 cm³/mol. The Morgan fingerprint density at radius 3 is 1.83 bits per heavy atom. The van der Waals surface area contributed by atoms with Crippen LogP contribution in [0.3, 0.4) is 0 Å². The quantitative estimate of drug-likeness (QED) is 0.647. The summed E-state index contributed by atoms with van der Waals surface area (Å²) in [6.07, 6.45) is 5.95. The Morgan fingerprint density at radius 2 is 1.58 bits per heavy atom. The molecule has 2 N–H and O–H groups in total. The average molecular weight is 169 g/mol. The van der Waals surface area contributed by atoms with E-state index in [0.29, 0.717) is 5.41 Å². The second-order valence-electron chi connectivity index (χ2n) is 3.72. The van der Waals surface area contributed by atoms with Crippen molar-refractivity contribution >= 4 is 0 Å². The van der Waals surface area contributed by atoms with Gasteiger partial charge in [-0.1, -0.05) is 46.6 Å². The number of hydrogen-bond donors (Lipinski definition) is 1. The average Bonchev–Trinajstić information content (AvgIpc) is 2.08. The van der Waals surface area contributed by atoms with Gasteiger partial charge in [0.15, 0.2) is 0 Å². The highest BCUT2D eigenvalue weighted by molar-refractivity contribution is 4.89. The second-order valence-corrected chi connectivity index (χ2v) is 3.72. The lowest BCUT2D eigenvalue weighted by Gasteiger charge is -2.30. The van der Waals surface area contributed by atoms with Crippen molar-refractivity contribution in [1.29, 1.82) is 0 Å². The van der Waals surface area contributed by atoms with Crippen molar-refractivity contribution in [2.45, 2.75) is 52.9 Å². The lowest BCUT2D eigenvalue weighted by atomic mass is 9.76. The van der Waals surface area contributed by atoms with Gasteiger partial charge in [0.05, 0.1) is 0 Å². The summed E-state index contributed by atoms with van der Waals surface area (Å²) in [5.41, 5.74) is 6.91. The molecule has 0 aromatic carbocycles. The molecule has 12 heavy (non-hydrogen) atoms. The van der Waals surface area contributed by atoms with Gasteiger partial charge in [0.1, 0.15) is 0 Å². The van der Waals surface area contributed by atoms with E-state index in [1.807, 2.05) is 0 Å². The van der Waals surface area contributed by atoms with Crippen LogP contribution in [0.5, 0.6) is 0 Å². The zero-order valence-electron chi connectivity index (χ0n) is 8.82. The van der Waals surface area contributed by atoms with Crippen LogP contribution in [0.15, 0.2) is 12.3 Å². The van der Waals surface area contributed by atoms with Crippen molar-refractivity contribution in [2.24, 2.45) is 11.1 Å². The highest BCUT2D eigenvalue weighted by atomic mass is 14.6. The summed E-state index contributed by atoms with van der Waals surface area (Å²) < 4.78 is 0. The third-order valence-corrected chi connectivity index (χ3v) is 3.23. The van der Waals surface area contributed by atoms with Gasteiger partial charge in [-0.25, -0.2) is 0 Å². The summed E-state index contributed by atoms with van der Waals surface area (Å²) >= 11 is 0. The topological polar surface area (TPSA) is 26.0 Å². The molecule has 0 aliphatic rings. The monoisotopic (exact) mass is 169 g/mol. The van der Waals surface area contributed by atoms with Gasteiger partial charge >= 0.3 is 0 Å². The predicted octanol–water partition coefficient (Wildman–Crippen LogP) is 3.46. The highest BCUT2D eigenvalue weighted by Crippen LogP contribution is 2.35. The van der Waals surface area contributed by atoms with Crippen LogP contribution in [0.4, 0.5) is 0 Å². The van der Waals surface area contributed by atoms with Crippen LogP contribution in [-0.4, -0.2) is 0 Å². The van der Waals surface area contributed by atoms with E-state index in [1.54, 1.807) is 0 Å². The third kappa shape index (κ3) is 3.29. The Morgan fingerprint density at radius 1 is 1.17 bits per heavy atom. The van der Waals surface area contributed by atoms with Crippen molar-refractivity contribution in [3.8, 4) is 0 Å². The minimum Gasteiger partial charge on any atom is -0.403 e. The summed E-state index contributed by atoms with van der Waals surface area (Å²) in [6.45, 7) is 10.5. The molecule has 0 amide bonds. The maximum atomic E-state index is 5.57. The van der Waals surface area contributed by atoms with Gasteiger partial charge in [-0.05, 0) is 18.3 Å². The Bertz CT molecular complexity index is 126. The minimum absolute atomic E-state index is 0.516. The van der Waals surface area contributed by atoms with E-state index in [2.05, 4.69) is 27.4 Å². The van der Waals surface area contributed by atoms with E-state index in [4.69, 9.17) is 5.73 Å². The molecule has 0 aromatic heterocycles. The van der Waals surface area contributed by atoms with Crippen molar-refractivity contribution in [3.63, 3.8) is 0 Å². The van der Waals surface area contributed by atoms with Gasteiger partial charge in [-0.3, -0.25) is 0 Å². The molecule has 0 atom stereocenters. The molecule has 1 nitrogen and oxygen atoms in total. The molecule has 0 unspecified atom stereocenters. The molecule has 0 radical (unpaired) electrons. The normalized spacial score (nSPS) is 11.6. The van der Waals surface area contributed by atoms with Crippen LogP contribution in [0, 0.1) is 5.41 Å². The fourth-order valence-electron chi connectivity index (χ4n) is 1.71. The molecule has 0 spiro atoms. The minimum atomic E-state index is 0.516. The van der Waals surface area contributed by atoms with Gasteiger partial charge < -0.3 is 5.73 Å². The maximum absolute atomic E-state index is 5.57. The molecule has 0 saturated heterocycles. The van der Waals surface area contributed by atoms with Gasteiger partial charge in [0.25, 0.3) is 0 Å². The number of rotatable bonds is 6. The molecule has 0 aromatic rings. The lowest BCUT2D eigenvalue weighted by Crippen LogP contribution is -2.18. The Labute approximate surface area is 77.0 Å². The summed E-state index contributed by atoms with van der Waals surface area (Å²) in [4.78, 5) is 0. The molecular weight excluding hydrogens is 146 g/mol. The summed E-state index contributed by atoms with van der Waals surface area (Å²) in [5.74, 6) is 0. The van der Waals surface area contributed by atoms with Crippen LogP contribution in [0.1, 0.15) is 52.9 Å². The zero-order valence-corrected chi connectivity index (χ0v) is 8.82. The number of allylic oxidation sites excluding steroid dienone is 1.